The number of hydrogen-bond donors (Lipinski definition) is 2. The third-order valence-electron chi connectivity index (χ3n) is 3.49. The van der Waals surface area contributed by atoms with Gasteiger partial charge in [0.05, 0.1) is 16.3 Å². The standard InChI is InChI=1S/C19H15NO4S/c1-24-15-7-5-13(6-8-15)16(22)11-18-20-19(23)17(25-18)10-12-3-2-4-14(21)9-12/h2-11,21H,1H3,(H,20,23)/b17-10+,18-11+. The molecule has 6 heteroatoms. The van der Waals surface area contributed by atoms with Crippen LogP contribution in [0.25, 0.3) is 12.2 Å². The SMILES string of the molecule is COc1ccc(C(=O)/C=c2\[nH]c(=O)/c(=C\c3cccc(O)c3)s2)cc1. The molecule has 2 aromatic carbocycles. The summed E-state index contributed by atoms with van der Waals surface area (Å²) in [5.41, 5.74) is 0.941. The van der Waals surface area contributed by atoms with Crippen LogP contribution in [0, 0.1) is 0 Å². The van der Waals surface area contributed by atoms with Crippen LogP contribution in [0.2, 0.25) is 0 Å². The highest BCUT2D eigenvalue weighted by Crippen LogP contribution is 2.12. The number of nitrogens with one attached hydrogen (secondary N) is 1. The van der Waals surface area contributed by atoms with Crippen LogP contribution in [-0.2, 0) is 0 Å². The normalized spacial score (nSPS) is 12.4. The molecule has 0 spiro atoms. The number of thiazole rings is 1. The number of ketones is 1. The van der Waals surface area contributed by atoms with Gasteiger partial charge in [0.2, 0.25) is 0 Å². The molecule has 0 aliphatic carbocycles. The Morgan fingerprint density at radius 1 is 1.20 bits per heavy atom. The smallest absolute Gasteiger partial charge is 0.266 e. The van der Waals surface area contributed by atoms with Crippen LogP contribution in [0.15, 0.2) is 53.3 Å². The zero-order chi connectivity index (χ0) is 17.8. The maximum atomic E-state index is 12.3. The summed E-state index contributed by atoms with van der Waals surface area (Å²) in [6, 6.07) is 13.4. The first kappa shape index (κ1) is 16.7. The molecule has 0 fully saturated rings. The van der Waals surface area contributed by atoms with E-state index in [1.165, 1.54) is 17.4 Å². The monoisotopic (exact) mass is 353 g/mol. The van der Waals surface area contributed by atoms with Crippen molar-refractivity contribution in [1.29, 1.82) is 0 Å². The topological polar surface area (TPSA) is 79.4 Å². The molecule has 5 nitrogen and oxygen atoms in total. The molecule has 0 aliphatic rings. The summed E-state index contributed by atoms with van der Waals surface area (Å²) in [7, 11) is 1.56. The molecule has 0 aliphatic heterocycles. The lowest BCUT2D eigenvalue weighted by Crippen LogP contribution is -2.19. The van der Waals surface area contributed by atoms with E-state index in [0.717, 1.165) is 0 Å². The van der Waals surface area contributed by atoms with E-state index >= 15 is 0 Å². The van der Waals surface area contributed by atoms with Gasteiger partial charge in [-0.05, 0) is 48.0 Å². The van der Waals surface area contributed by atoms with Crippen molar-refractivity contribution in [2.75, 3.05) is 7.11 Å². The Morgan fingerprint density at radius 3 is 2.64 bits per heavy atom. The molecule has 0 saturated carbocycles. The molecule has 3 rings (SSSR count). The summed E-state index contributed by atoms with van der Waals surface area (Å²) in [4.78, 5) is 27.0. The highest BCUT2D eigenvalue weighted by Gasteiger charge is 2.04. The number of aromatic hydroxyl groups is 1. The molecule has 2 N–H and O–H groups in total. The van der Waals surface area contributed by atoms with E-state index in [2.05, 4.69) is 4.98 Å². The number of carbonyl (C=O) groups is 1. The van der Waals surface area contributed by atoms with Gasteiger partial charge in [0.1, 0.15) is 11.5 Å². The summed E-state index contributed by atoms with van der Waals surface area (Å²) in [6.07, 6.45) is 3.06. The third-order valence-corrected chi connectivity index (χ3v) is 4.45. The maximum Gasteiger partial charge on any atom is 0.266 e. The number of phenols is 1. The number of rotatable bonds is 4. The average molecular weight is 353 g/mol. The largest absolute Gasteiger partial charge is 0.508 e. The first-order chi connectivity index (χ1) is 12.0. The molecule has 126 valence electrons. The van der Waals surface area contributed by atoms with Crippen LogP contribution in [0.4, 0.5) is 0 Å². The van der Waals surface area contributed by atoms with Crippen molar-refractivity contribution in [2.24, 2.45) is 0 Å². The van der Waals surface area contributed by atoms with Crippen molar-refractivity contribution >= 4 is 29.3 Å². The number of ether oxygens (including phenoxy) is 1. The number of phenolic OH excluding ortho intramolecular Hbond substituents is 1. The quantitative estimate of drug-likeness (QED) is 0.699. The van der Waals surface area contributed by atoms with Crippen molar-refractivity contribution < 1.29 is 14.6 Å². The lowest BCUT2D eigenvalue weighted by atomic mass is 10.1. The maximum absolute atomic E-state index is 12.3. The Morgan fingerprint density at radius 2 is 1.96 bits per heavy atom. The van der Waals surface area contributed by atoms with Crippen molar-refractivity contribution in [3.8, 4) is 11.5 Å². The number of methoxy groups -OCH3 is 1. The van der Waals surface area contributed by atoms with Crippen molar-refractivity contribution in [3.05, 3.63) is 79.2 Å². The number of carbonyl (C=O) groups excluding carboxylic acids is 1. The predicted octanol–water partition coefficient (Wildman–Crippen LogP) is 1.64. The summed E-state index contributed by atoms with van der Waals surface area (Å²) >= 11 is 1.18. The minimum absolute atomic E-state index is 0.128. The van der Waals surface area contributed by atoms with E-state index < -0.39 is 0 Å². The van der Waals surface area contributed by atoms with Gasteiger partial charge in [-0.2, -0.15) is 0 Å². The van der Waals surface area contributed by atoms with Crippen molar-refractivity contribution in [2.45, 2.75) is 0 Å². The molecule has 0 unspecified atom stereocenters. The van der Waals surface area contributed by atoms with Crippen LogP contribution < -0.4 is 19.5 Å². The minimum Gasteiger partial charge on any atom is -0.508 e. The van der Waals surface area contributed by atoms with Crippen LogP contribution in [0.3, 0.4) is 0 Å². The van der Waals surface area contributed by atoms with Gasteiger partial charge in [0.25, 0.3) is 5.56 Å². The van der Waals surface area contributed by atoms with E-state index in [1.54, 1.807) is 61.7 Å². The van der Waals surface area contributed by atoms with Gasteiger partial charge in [0, 0.05) is 11.6 Å². The van der Waals surface area contributed by atoms with Gasteiger partial charge >= 0.3 is 0 Å². The molecular formula is C19H15NO4S. The molecule has 0 saturated heterocycles. The highest BCUT2D eigenvalue weighted by atomic mass is 32.1. The molecule has 0 radical (unpaired) electrons. The highest BCUT2D eigenvalue weighted by molar-refractivity contribution is 7.07. The Bertz CT molecular complexity index is 1080. The number of benzene rings is 2. The molecule has 1 heterocycles. The van der Waals surface area contributed by atoms with Gasteiger partial charge in [-0.3, -0.25) is 9.59 Å². The number of aromatic amines is 1. The van der Waals surface area contributed by atoms with Crippen LogP contribution in [0.5, 0.6) is 11.5 Å². The van der Waals surface area contributed by atoms with Gasteiger partial charge < -0.3 is 14.8 Å². The first-order valence-electron chi connectivity index (χ1n) is 7.45. The fraction of sp³-hybridized carbons (Fsp3) is 0.0526. The van der Waals surface area contributed by atoms with E-state index in [1.807, 2.05) is 0 Å². The van der Waals surface area contributed by atoms with Crippen molar-refractivity contribution in [3.63, 3.8) is 0 Å². The Balaban J connectivity index is 1.94. The summed E-state index contributed by atoms with van der Waals surface area (Å²) in [5, 5.41) is 9.49. The van der Waals surface area contributed by atoms with Crippen molar-refractivity contribution in [1.82, 2.24) is 4.98 Å². The molecule has 1 aromatic heterocycles. The molecule has 0 atom stereocenters. The lowest BCUT2D eigenvalue weighted by Gasteiger charge is -1.99. The van der Waals surface area contributed by atoms with E-state index in [-0.39, 0.29) is 17.1 Å². The fourth-order valence-corrected chi connectivity index (χ4v) is 3.13. The third kappa shape index (κ3) is 4.05. The fourth-order valence-electron chi connectivity index (χ4n) is 2.25. The minimum atomic E-state index is -0.276. The van der Waals surface area contributed by atoms with Crippen LogP contribution in [0.1, 0.15) is 15.9 Å². The molecular weight excluding hydrogens is 338 g/mol. The lowest BCUT2D eigenvalue weighted by molar-refractivity contribution is 0.106. The van der Waals surface area contributed by atoms with E-state index in [4.69, 9.17) is 4.74 Å². The summed E-state index contributed by atoms with van der Waals surface area (Å²) in [6.45, 7) is 0. The van der Waals surface area contributed by atoms with Gasteiger partial charge in [-0.1, -0.05) is 12.1 Å². The van der Waals surface area contributed by atoms with E-state index in [0.29, 0.717) is 26.1 Å². The second kappa shape index (κ2) is 7.19. The molecule has 0 bridgehead atoms. The van der Waals surface area contributed by atoms with Crippen LogP contribution >= 0.6 is 11.3 Å². The molecule has 25 heavy (non-hydrogen) atoms. The van der Waals surface area contributed by atoms with Gasteiger partial charge in [0.15, 0.2) is 5.78 Å². The first-order valence-corrected chi connectivity index (χ1v) is 8.27. The average Bonchev–Trinajstić information content (AvgIpc) is 2.94. The second-order valence-corrected chi connectivity index (χ2v) is 6.34. The Hall–Kier alpha value is -3.12. The van der Waals surface area contributed by atoms with Gasteiger partial charge in [-0.25, -0.2) is 0 Å². The summed E-state index contributed by atoms with van der Waals surface area (Å²) < 4.78 is 5.99. The number of Topliss-reactive ketones (excluding diaryl/α,β-unsaturated/α-hetero) is 1. The second-order valence-electron chi connectivity index (χ2n) is 5.26. The van der Waals surface area contributed by atoms with Crippen LogP contribution in [-0.4, -0.2) is 23.0 Å². The predicted molar refractivity (Wildman–Crippen MR) is 97.7 cm³/mol. The number of hydrogen-bond acceptors (Lipinski definition) is 5. The summed E-state index contributed by atoms with van der Waals surface area (Å²) in [5.74, 6) is 0.594. The number of aromatic nitrogens is 1. The number of H-pyrrole nitrogens is 1. The zero-order valence-electron chi connectivity index (χ0n) is 13.4. The van der Waals surface area contributed by atoms with Gasteiger partial charge in [-0.15, -0.1) is 11.3 Å². The Labute approximate surface area is 147 Å². The van der Waals surface area contributed by atoms with E-state index in [9.17, 15) is 14.7 Å². The zero-order valence-corrected chi connectivity index (χ0v) is 14.2. The molecule has 0 amide bonds. The Kier molecular flexibility index (Phi) is 4.81. The molecule has 3 aromatic rings.